The maximum Gasteiger partial charge on any atom is 0.0242 e. The maximum atomic E-state index is 3.40. The van der Waals surface area contributed by atoms with E-state index in [2.05, 4.69) is 17.3 Å². The van der Waals surface area contributed by atoms with Crippen LogP contribution in [0.2, 0.25) is 0 Å². The van der Waals surface area contributed by atoms with E-state index in [-0.39, 0.29) is 24.8 Å². The van der Waals surface area contributed by atoms with E-state index in [1.54, 1.807) is 0 Å². The Morgan fingerprint density at radius 1 is 1.08 bits per heavy atom. The second-order valence-corrected chi connectivity index (χ2v) is 3.65. The summed E-state index contributed by atoms with van der Waals surface area (Å²) in [5, 5.41) is 3.40. The van der Waals surface area contributed by atoms with Gasteiger partial charge in [0.1, 0.15) is 0 Å². The van der Waals surface area contributed by atoms with Crippen LogP contribution in [-0.2, 0) is 0 Å². The molecule has 2 aliphatic rings. The Bertz CT molecular complexity index is 135. The zero-order valence-electron chi connectivity index (χ0n) is 7.51. The van der Waals surface area contributed by atoms with Gasteiger partial charge in [0, 0.05) is 12.1 Å². The SMILES string of the molecule is CN1CCC12CCNCC2.Cl.Cl. The molecule has 1 spiro atoms. The van der Waals surface area contributed by atoms with Crippen LogP contribution >= 0.6 is 24.8 Å². The number of hydrogen-bond donors (Lipinski definition) is 1. The first-order valence-electron chi connectivity index (χ1n) is 4.25. The van der Waals surface area contributed by atoms with E-state index in [1.165, 1.54) is 38.9 Å². The first-order valence-corrected chi connectivity index (χ1v) is 4.25. The van der Waals surface area contributed by atoms with E-state index in [9.17, 15) is 0 Å². The summed E-state index contributed by atoms with van der Waals surface area (Å²) in [6.07, 6.45) is 4.16. The number of rotatable bonds is 0. The predicted molar refractivity (Wildman–Crippen MR) is 56.6 cm³/mol. The molecule has 0 aliphatic carbocycles. The van der Waals surface area contributed by atoms with Gasteiger partial charge in [-0.3, -0.25) is 0 Å². The quantitative estimate of drug-likeness (QED) is 0.652. The van der Waals surface area contributed by atoms with Gasteiger partial charge in [0.2, 0.25) is 0 Å². The zero-order chi connectivity index (χ0) is 7.03. The van der Waals surface area contributed by atoms with Gasteiger partial charge in [0.05, 0.1) is 0 Å². The van der Waals surface area contributed by atoms with Gasteiger partial charge in [-0.1, -0.05) is 0 Å². The zero-order valence-corrected chi connectivity index (χ0v) is 9.14. The van der Waals surface area contributed by atoms with Crippen LogP contribution in [-0.4, -0.2) is 37.1 Å². The number of nitrogens with one attached hydrogen (secondary N) is 1. The number of piperidine rings is 1. The monoisotopic (exact) mass is 212 g/mol. The Morgan fingerprint density at radius 2 is 1.67 bits per heavy atom. The maximum absolute atomic E-state index is 3.40. The van der Waals surface area contributed by atoms with Crippen molar-refractivity contribution >= 4 is 24.8 Å². The molecule has 0 radical (unpaired) electrons. The average Bonchev–Trinajstić information content (AvgIpc) is 2.04. The Labute approximate surface area is 86.9 Å². The molecular weight excluding hydrogens is 195 g/mol. The van der Waals surface area contributed by atoms with Gasteiger partial charge in [0.15, 0.2) is 0 Å². The van der Waals surface area contributed by atoms with E-state index in [0.29, 0.717) is 5.54 Å². The second kappa shape index (κ2) is 4.66. The third-order valence-electron chi connectivity index (χ3n) is 3.26. The lowest BCUT2D eigenvalue weighted by Gasteiger charge is -2.53. The molecule has 2 nitrogen and oxygen atoms in total. The molecule has 0 saturated carbocycles. The van der Waals surface area contributed by atoms with Crippen LogP contribution in [0.3, 0.4) is 0 Å². The first kappa shape index (κ1) is 12.5. The molecule has 12 heavy (non-hydrogen) atoms. The highest BCUT2D eigenvalue weighted by Gasteiger charge is 2.42. The molecule has 0 amide bonds. The molecule has 1 N–H and O–H groups in total. The van der Waals surface area contributed by atoms with Crippen molar-refractivity contribution in [1.82, 2.24) is 10.2 Å². The average molecular weight is 213 g/mol. The van der Waals surface area contributed by atoms with E-state index in [4.69, 9.17) is 0 Å². The Morgan fingerprint density at radius 3 is 1.92 bits per heavy atom. The van der Waals surface area contributed by atoms with Crippen LogP contribution in [0.15, 0.2) is 0 Å². The van der Waals surface area contributed by atoms with Crippen molar-refractivity contribution in [3.05, 3.63) is 0 Å². The van der Waals surface area contributed by atoms with Crippen molar-refractivity contribution < 1.29 is 0 Å². The third-order valence-corrected chi connectivity index (χ3v) is 3.26. The molecule has 74 valence electrons. The van der Waals surface area contributed by atoms with Crippen molar-refractivity contribution in [1.29, 1.82) is 0 Å². The van der Waals surface area contributed by atoms with Crippen LogP contribution < -0.4 is 5.32 Å². The van der Waals surface area contributed by atoms with Gasteiger partial charge in [-0.15, -0.1) is 24.8 Å². The van der Waals surface area contributed by atoms with Crippen molar-refractivity contribution in [2.75, 3.05) is 26.7 Å². The van der Waals surface area contributed by atoms with Gasteiger partial charge in [-0.25, -0.2) is 0 Å². The molecule has 2 fully saturated rings. The van der Waals surface area contributed by atoms with E-state index in [1.807, 2.05) is 0 Å². The molecule has 0 aromatic heterocycles. The fourth-order valence-electron chi connectivity index (χ4n) is 2.18. The summed E-state index contributed by atoms with van der Waals surface area (Å²) in [5.41, 5.74) is 0.630. The molecule has 0 unspecified atom stereocenters. The fraction of sp³-hybridized carbons (Fsp3) is 1.00. The third kappa shape index (κ3) is 1.87. The Kier molecular flexibility index (Phi) is 4.85. The molecule has 2 saturated heterocycles. The standard InChI is InChI=1S/C8H16N2.2ClH/c1-10-7-4-8(10)2-5-9-6-3-8;;/h9H,2-7H2,1H3;2*1H. The summed E-state index contributed by atoms with van der Waals surface area (Å²) in [5.74, 6) is 0. The lowest BCUT2D eigenvalue weighted by atomic mass is 9.77. The summed E-state index contributed by atoms with van der Waals surface area (Å²) in [4.78, 5) is 2.52. The number of likely N-dealkylation sites (tertiary alicyclic amines) is 1. The molecule has 4 heteroatoms. The molecule has 0 bridgehead atoms. The summed E-state index contributed by atoms with van der Waals surface area (Å²) in [6.45, 7) is 3.77. The summed E-state index contributed by atoms with van der Waals surface area (Å²) in [6, 6.07) is 0. The van der Waals surface area contributed by atoms with Crippen LogP contribution in [0.25, 0.3) is 0 Å². The minimum Gasteiger partial charge on any atom is -0.317 e. The van der Waals surface area contributed by atoms with Gasteiger partial charge < -0.3 is 10.2 Å². The van der Waals surface area contributed by atoms with Gasteiger partial charge in [-0.2, -0.15) is 0 Å². The minimum absolute atomic E-state index is 0. The second-order valence-electron chi connectivity index (χ2n) is 3.65. The fourth-order valence-corrected chi connectivity index (χ4v) is 2.18. The van der Waals surface area contributed by atoms with Gasteiger partial charge >= 0.3 is 0 Å². The molecule has 0 atom stereocenters. The number of halogens is 2. The molecule has 2 heterocycles. The van der Waals surface area contributed by atoms with Crippen LogP contribution in [0.5, 0.6) is 0 Å². The van der Waals surface area contributed by atoms with Crippen LogP contribution in [0, 0.1) is 0 Å². The molecule has 0 aromatic carbocycles. The highest BCUT2D eigenvalue weighted by atomic mass is 35.5. The summed E-state index contributed by atoms with van der Waals surface area (Å²) >= 11 is 0. The molecule has 0 aromatic rings. The Hall–Kier alpha value is 0.500. The van der Waals surface area contributed by atoms with Gasteiger partial charge in [0.25, 0.3) is 0 Å². The normalized spacial score (nSPS) is 26.8. The van der Waals surface area contributed by atoms with Crippen molar-refractivity contribution in [2.45, 2.75) is 24.8 Å². The first-order chi connectivity index (χ1) is 4.83. The van der Waals surface area contributed by atoms with E-state index < -0.39 is 0 Å². The lowest BCUT2D eigenvalue weighted by molar-refractivity contribution is -0.0139. The van der Waals surface area contributed by atoms with Crippen molar-refractivity contribution in [3.8, 4) is 0 Å². The summed E-state index contributed by atoms with van der Waals surface area (Å²) in [7, 11) is 2.26. The highest BCUT2D eigenvalue weighted by molar-refractivity contribution is 5.85. The smallest absolute Gasteiger partial charge is 0.0242 e. The highest BCUT2D eigenvalue weighted by Crippen LogP contribution is 2.36. The molecular formula is C8H18Cl2N2. The largest absolute Gasteiger partial charge is 0.317 e. The van der Waals surface area contributed by atoms with Crippen LogP contribution in [0.4, 0.5) is 0 Å². The van der Waals surface area contributed by atoms with E-state index >= 15 is 0 Å². The number of nitrogens with zero attached hydrogens (tertiary/aromatic N) is 1. The summed E-state index contributed by atoms with van der Waals surface area (Å²) < 4.78 is 0. The number of hydrogen-bond acceptors (Lipinski definition) is 2. The predicted octanol–water partition coefficient (Wildman–Crippen LogP) is 1.29. The van der Waals surface area contributed by atoms with Gasteiger partial charge in [-0.05, 0) is 39.4 Å². The van der Waals surface area contributed by atoms with Crippen molar-refractivity contribution in [2.24, 2.45) is 0 Å². The Balaban J connectivity index is 0.000000605. The molecule has 2 rings (SSSR count). The molecule has 2 aliphatic heterocycles. The van der Waals surface area contributed by atoms with Crippen molar-refractivity contribution in [3.63, 3.8) is 0 Å². The minimum atomic E-state index is 0. The van der Waals surface area contributed by atoms with Crippen LogP contribution in [0.1, 0.15) is 19.3 Å². The van der Waals surface area contributed by atoms with E-state index in [0.717, 1.165) is 0 Å². The topological polar surface area (TPSA) is 15.3 Å². The lowest BCUT2D eigenvalue weighted by Crippen LogP contribution is -2.61.